The summed E-state index contributed by atoms with van der Waals surface area (Å²) in [6.07, 6.45) is -1.08. The highest BCUT2D eigenvalue weighted by molar-refractivity contribution is 7.86. The number of imide groups is 1. The highest BCUT2D eigenvalue weighted by Crippen LogP contribution is 2.14. The van der Waals surface area contributed by atoms with Gasteiger partial charge in [-0.1, -0.05) is 5.11 Å². The van der Waals surface area contributed by atoms with Gasteiger partial charge >= 0.3 is 5.97 Å². The van der Waals surface area contributed by atoms with Crippen molar-refractivity contribution >= 4 is 27.9 Å². The van der Waals surface area contributed by atoms with Crippen molar-refractivity contribution in [3.63, 3.8) is 0 Å². The molecule has 0 aromatic carbocycles. The lowest BCUT2D eigenvalue weighted by Crippen LogP contribution is -2.35. The quantitative estimate of drug-likeness (QED) is 0.228. The first-order chi connectivity index (χ1) is 9.25. The maximum absolute atomic E-state index is 11.4. The van der Waals surface area contributed by atoms with E-state index < -0.39 is 46.1 Å². The van der Waals surface area contributed by atoms with Crippen LogP contribution in [0.4, 0.5) is 0 Å². The van der Waals surface area contributed by atoms with Gasteiger partial charge in [0.2, 0.25) is 0 Å². The van der Waals surface area contributed by atoms with Gasteiger partial charge in [0, 0.05) is 24.3 Å². The monoisotopic (exact) mass is 306 g/mol. The van der Waals surface area contributed by atoms with Crippen molar-refractivity contribution in [2.45, 2.75) is 24.5 Å². The molecule has 1 aliphatic rings. The third-order valence-electron chi connectivity index (χ3n) is 2.36. The fraction of sp³-hybridized carbons (Fsp3) is 0.625. The molecule has 0 spiro atoms. The van der Waals surface area contributed by atoms with Gasteiger partial charge in [0.1, 0.15) is 5.25 Å². The van der Waals surface area contributed by atoms with E-state index in [9.17, 15) is 22.8 Å². The van der Waals surface area contributed by atoms with E-state index in [1.165, 1.54) is 0 Å². The summed E-state index contributed by atoms with van der Waals surface area (Å²) in [6.45, 7) is -0.688. The minimum atomic E-state index is -4.65. The summed E-state index contributed by atoms with van der Waals surface area (Å²) in [5.74, 6) is -2.66. The highest BCUT2D eigenvalue weighted by Gasteiger charge is 2.34. The third-order valence-corrected chi connectivity index (χ3v) is 3.52. The summed E-state index contributed by atoms with van der Waals surface area (Å²) in [7, 11) is -4.65. The van der Waals surface area contributed by atoms with Crippen LogP contribution >= 0.6 is 0 Å². The lowest BCUT2D eigenvalue weighted by atomic mass is 10.3. The van der Waals surface area contributed by atoms with Crippen molar-refractivity contribution in [2.75, 3.05) is 6.54 Å². The average molecular weight is 306 g/mol. The lowest BCUT2D eigenvalue weighted by molar-refractivity contribution is -0.197. The summed E-state index contributed by atoms with van der Waals surface area (Å²) in [4.78, 5) is 40.5. The Bertz CT molecular complexity index is 564. The van der Waals surface area contributed by atoms with Gasteiger partial charge in [0.25, 0.3) is 21.9 Å². The van der Waals surface area contributed by atoms with E-state index in [-0.39, 0.29) is 17.9 Å². The molecule has 110 valence electrons. The number of carbonyl (C=O) groups is 3. The van der Waals surface area contributed by atoms with E-state index in [2.05, 4.69) is 14.9 Å². The van der Waals surface area contributed by atoms with Crippen LogP contribution in [0.3, 0.4) is 0 Å². The van der Waals surface area contributed by atoms with Gasteiger partial charge in [-0.15, -0.1) is 5.06 Å². The van der Waals surface area contributed by atoms with E-state index in [1.54, 1.807) is 0 Å². The first kappa shape index (κ1) is 15.9. The molecule has 0 aliphatic carbocycles. The molecule has 1 fully saturated rings. The van der Waals surface area contributed by atoms with E-state index in [0.29, 0.717) is 0 Å². The summed E-state index contributed by atoms with van der Waals surface area (Å²) in [6, 6.07) is 0. The Balaban J connectivity index is 2.69. The molecule has 0 aromatic heterocycles. The van der Waals surface area contributed by atoms with Gasteiger partial charge in [0.05, 0.1) is 6.42 Å². The number of carbonyl (C=O) groups excluding carboxylic acids is 3. The Morgan fingerprint density at radius 1 is 1.45 bits per heavy atom. The Hall–Kier alpha value is -2.17. The molecule has 0 radical (unpaired) electrons. The molecule has 1 rings (SSSR count). The molecule has 12 heteroatoms. The fourth-order valence-electron chi connectivity index (χ4n) is 1.37. The van der Waals surface area contributed by atoms with Gasteiger partial charge in [0.15, 0.2) is 0 Å². The predicted octanol–water partition coefficient (Wildman–Crippen LogP) is -0.450. The molecule has 1 unspecified atom stereocenters. The first-order valence-electron chi connectivity index (χ1n) is 5.29. The van der Waals surface area contributed by atoms with Gasteiger partial charge in [-0.25, -0.2) is 4.79 Å². The van der Waals surface area contributed by atoms with Crippen LogP contribution in [0.25, 0.3) is 10.4 Å². The zero-order valence-electron chi connectivity index (χ0n) is 10.00. The molecule has 20 heavy (non-hydrogen) atoms. The summed E-state index contributed by atoms with van der Waals surface area (Å²) < 4.78 is 30.8. The number of nitrogens with zero attached hydrogens (tertiary/aromatic N) is 4. The first-order valence-corrected chi connectivity index (χ1v) is 6.79. The molecule has 1 atom stereocenters. The molecule has 11 nitrogen and oxygen atoms in total. The molecule has 1 aliphatic heterocycles. The summed E-state index contributed by atoms with van der Waals surface area (Å²) in [5.41, 5.74) is 8.08. The Kier molecular flexibility index (Phi) is 5.02. The Morgan fingerprint density at radius 2 is 2.00 bits per heavy atom. The van der Waals surface area contributed by atoms with E-state index >= 15 is 0 Å². The zero-order chi connectivity index (χ0) is 15.3. The Labute approximate surface area is 112 Å². The van der Waals surface area contributed by atoms with Crippen LogP contribution in [-0.2, 0) is 29.3 Å². The molecular formula is C8H10N4O7S. The summed E-state index contributed by atoms with van der Waals surface area (Å²) >= 11 is 0. The second-order valence-corrected chi connectivity index (χ2v) is 5.50. The number of hydrogen-bond donors (Lipinski definition) is 1. The molecule has 0 bridgehead atoms. The SMILES string of the molecule is [N-]=[N+]=NCC(CC(=O)ON1C(=O)CCC1=O)S(=O)(=O)O. The highest BCUT2D eigenvalue weighted by atomic mass is 32.2. The van der Waals surface area contributed by atoms with Gasteiger partial charge in [-0.3, -0.25) is 14.1 Å². The van der Waals surface area contributed by atoms with Crippen LogP contribution in [0.5, 0.6) is 0 Å². The smallest absolute Gasteiger partial charge is 0.330 e. The van der Waals surface area contributed by atoms with Crippen LogP contribution in [0.2, 0.25) is 0 Å². The largest absolute Gasteiger partial charge is 0.334 e. The van der Waals surface area contributed by atoms with Gasteiger partial charge in [-0.05, 0) is 5.53 Å². The van der Waals surface area contributed by atoms with Crippen molar-refractivity contribution < 1.29 is 32.2 Å². The van der Waals surface area contributed by atoms with E-state index in [4.69, 9.17) is 10.1 Å². The number of hydroxylamine groups is 2. The molecule has 1 saturated heterocycles. The van der Waals surface area contributed by atoms with Crippen molar-refractivity contribution in [3.05, 3.63) is 10.4 Å². The molecule has 0 saturated carbocycles. The summed E-state index contributed by atoms with van der Waals surface area (Å²) in [5, 5.41) is 1.48. The van der Waals surface area contributed by atoms with Crippen molar-refractivity contribution in [1.82, 2.24) is 5.06 Å². The van der Waals surface area contributed by atoms with Crippen molar-refractivity contribution in [3.8, 4) is 0 Å². The third kappa shape index (κ3) is 4.19. The predicted molar refractivity (Wildman–Crippen MR) is 61.1 cm³/mol. The number of azide groups is 1. The van der Waals surface area contributed by atoms with Crippen LogP contribution in [0.1, 0.15) is 19.3 Å². The zero-order valence-corrected chi connectivity index (χ0v) is 10.8. The average Bonchev–Trinajstić information content (AvgIpc) is 2.64. The second-order valence-electron chi connectivity index (χ2n) is 3.80. The van der Waals surface area contributed by atoms with E-state index in [0.717, 1.165) is 0 Å². The van der Waals surface area contributed by atoms with Gasteiger partial charge in [-0.2, -0.15) is 8.42 Å². The molecule has 2 amide bonds. The molecule has 1 heterocycles. The van der Waals surface area contributed by atoms with E-state index in [1.807, 2.05) is 0 Å². The minimum Gasteiger partial charge on any atom is -0.330 e. The molecule has 1 N–H and O–H groups in total. The number of hydrogen-bond acceptors (Lipinski definition) is 7. The fourth-order valence-corrected chi connectivity index (χ4v) is 1.98. The lowest BCUT2D eigenvalue weighted by Gasteiger charge is -2.14. The van der Waals surface area contributed by atoms with Crippen molar-refractivity contribution in [1.29, 1.82) is 0 Å². The van der Waals surface area contributed by atoms with Gasteiger partial charge < -0.3 is 4.84 Å². The Morgan fingerprint density at radius 3 is 2.45 bits per heavy atom. The van der Waals surface area contributed by atoms with Crippen LogP contribution in [0, 0.1) is 0 Å². The standard InChI is InChI=1S/C8H10N4O7S/c9-11-10-4-5(20(16,17)18)3-8(15)19-12-6(13)1-2-7(12)14/h5H,1-4H2,(H,16,17,18). The topological polar surface area (TPSA) is 167 Å². The molecular weight excluding hydrogens is 296 g/mol. The second kappa shape index (κ2) is 6.32. The van der Waals surface area contributed by atoms with Crippen LogP contribution in [-0.4, -0.2) is 47.6 Å². The molecule has 0 aromatic rings. The van der Waals surface area contributed by atoms with Crippen molar-refractivity contribution in [2.24, 2.45) is 5.11 Å². The minimum absolute atomic E-state index is 0.105. The maximum Gasteiger partial charge on any atom is 0.334 e. The van der Waals surface area contributed by atoms with Crippen LogP contribution < -0.4 is 0 Å². The maximum atomic E-state index is 11.4. The van der Waals surface area contributed by atoms with Crippen LogP contribution in [0.15, 0.2) is 5.11 Å². The normalized spacial score (nSPS) is 16.8. The number of amides is 2. The number of rotatable bonds is 6.